The van der Waals surface area contributed by atoms with Gasteiger partial charge in [0.1, 0.15) is 5.69 Å². The van der Waals surface area contributed by atoms with Crippen LogP contribution in [-0.2, 0) is 26.3 Å². The Hall–Kier alpha value is -3.87. The highest BCUT2D eigenvalue weighted by molar-refractivity contribution is 6.05. The van der Waals surface area contributed by atoms with Gasteiger partial charge in [0.25, 0.3) is 11.5 Å². The Balaban J connectivity index is 1.49. The van der Waals surface area contributed by atoms with E-state index < -0.39 is 5.91 Å². The SMILES string of the molecule is CCCc1ccc2c(c1)CCCc1c(C(=O)Nc3c(C)n(C)n(-c4ccccc4)c3=O)noc1-2. The lowest BCUT2D eigenvalue weighted by molar-refractivity contribution is 0.101. The maximum absolute atomic E-state index is 13.3. The van der Waals surface area contributed by atoms with Crippen LogP contribution in [0, 0.1) is 6.92 Å². The van der Waals surface area contributed by atoms with Crippen molar-refractivity contribution in [2.45, 2.75) is 46.0 Å². The zero-order valence-corrected chi connectivity index (χ0v) is 19.7. The Morgan fingerprint density at radius 1 is 1.15 bits per heavy atom. The summed E-state index contributed by atoms with van der Waals surface area (Å²) in [6, 6.07) is 15.8. The highest BCUT2D eigenvalue weighted by Crippen LogP contribution is 2.35. The molecule has 0 unspecified atom stereocenters. The van der Waals surface area contributed by atoms with Crippen LogP contribution in [0.3, 0.4) is 0 Å². The van der Waals surface area contributed by atoms with Crippen LogP contribution in [0.5, 0.6) is 0 Å². The van der Waals surface area contributed by atoms with E-state index in [2.05, 4.69) is 35.6 Å². The number of carbonyl (C=O) groups is 1. The van der Waals surface area contributed by atoms with Gasteiger partial charge in [-0.25, -0.2) is 4.68 Å². The van der Waals surface area contributed by atoms with Gasteiger partial charge in [-0.1, -0.05) is 54.9 Å². The number of carbonyl (C=O) groups excluding carboxylic acids is 1. The van der Waals surface area contributed by atoms with Gasteiger partial charge in [-0.3, -0.25) is 14.3 Å². The van der Waals surface area contributed by atoms with Gasteiger partial charge in [-0.05, 0) is 55.9 Å². The first-order valence-electron chi connectivity index (χ1n) is 11.8. The van der Waals surface area contributed by atoms with Gasteiger partial charge in [0.05, 0.1) is 11.4 Å². The summed E-state index contributed by atoms with van der Waals surface area (Å²) in [5.41, 5.74) is 5.94. The molecule has 5 rings (SSSR count). The van der Waals surface area contributed by atoms with E-state index in [0.29, 0.717) is 17.9 Å². The van der Waals surface area contributed by atoms with Crippen molar-refractivity contribution in [2.75, 3.05) is 5.32 Å². The van der Waals surface area contributed by atoms with Gasteiger partial charge in [0.2, 0.25) is 0 Å². The molecule has 0 bridgehead atoms. The van der Waals surface area contributed by atoms with Crippen molar-refractivity contribution >= 4 is 11.6 Å². The largest absolute Gasteiger partial charge is 0.355 e. The second kappa shape index (κ2) is 8.82. The molecule has 34 heavy (non-hydrogen) atoms. The number of nitrogens with one attached hydrogen (secondary N) is 1. The molecule has 1 aliphatic rings. The zero-order chi connectivity index (χ0) is 23.8. The number of aryl methyl sites for hydroxylation is 2. The van der Waals surface area contributed by atoms with Gasteiger partial charge in [0.15, 0.2) is 11.5 Å². The van der Waals surface area contributed by atoms with Crippen molar-refractivity contribution < 1.29 is 9.32 Å². The average molecular weight is 457 g/mol. The van der Waals surface area contributed by atoms with Crippen molar-refractivity contribution in [3.63, 3.8) is 0 Å². The molecule has 0 spiro atoms. The van der Waals surface area contributed by atoms with Crippen LogP contribution in [0.2, 0.25) is 0 Å². The molecule has 1 N–H and O–H groups in total. The fraction of sp³-hybridized carbons (Fsp3) is 0.296. The highest BCUT2D eigenvalue weighted by Gasteiger charge is 2.28. The fourth-order valence-electron chi connectivity index (χ4n) is 4.79. The highest BCUT2D eigenvalue weighted by atomic mass is 16.5. The molecular formula is C27H28N4O3. The predicted octanol–water partition coefficient (Wildman–Crippen LogP) is 4.83. The Labute approximate surface area is 198 Å². The predicted molar refractivity (Wildman–Crippen MR) is 132 cm³/mol. The van der Waals surface area contributed by atoms with Crippen molar-refractivity contribution in [1.82, 2.24) is 14.5 Å². The molecule has 1 aliphatic carbocycles. The maximum Gasteiger partial charge on any atom is 0.295 e. The number of hydrogen-bond donors (Lipinski definition) is 1. The third kappa shape index (κ3) is 3.67. The minimum Gasteiger partial charge on any atom is -0.355 e. The van der Waals surface area contributed by atoms with Crippen LogP contribution in [0.1, 0.15) is 52.6 Å². The van der Waals surface area contributed by atoms with Crippen LogP contribution < -0.4 is 10.9 Å². The number of anilines is 1. The van der Waals surface area contributed by atoms with Gasteiger partial charge < -0.3 is 9.84 Å². The number of fused-ring (bicyclic) bond motifs is 3. The number of nitrogens with zero attached hydrogens (tertiary/aromatic N) is 3. The molecule has 0 saturated heterocycles. The first-order valence-corrected chi connectivity index (χ1v) is 11.8. The van der Waals surface area contributed by atoms with E-state index in [1.165, 1.54) is 11.1 Å². The van der Waals surface area contributed by atoms with E-state index in [1.54, 1.807) is 16.4 Å². The van der Waals surface area contributed by atoms with E-state index in [4.69, 9.17) is 4.52 Å². The van der Waals surface area contributed by atoms with Crippen molar-refractivity contribution in [3.05, 3.63) is 87.0 Å². The summed E-state index contributed by atoms with van der Waals surface area (Å²) in [4.78, 5) is 26.5. The van der Waals surface area contributed by atoms with Gasteiger partial charge in [-0.2, -0.15) is 0 Å². The van der Waals surface area contributed by atoms with Crippen LogP contribution in [0.4, 0.5) is 5.69 Å². The molecule has 0 aliphatic heterocycles. The fourth-order valence-corrected chi connectivity index (χ4v) is 4.79. The molecule has 7 heteroatoms. The summed E-state index contributed by atoms with van der Waals surface area (Å²) in [6.45, 7) is 3.98. The minimum atomic E-state index is -0.429. The topological polar surface area (TPSA) is 82.1 Å². The molecule has 174 valence electrons. The molecule has 2 aromatic heterocycles. The standard InChI is InChI=1S/C27H28N4O3/c1-4-9-18-14-15-21-19(16-18)10-8-13-22-24(29-34-25(21)22)26(32)28-23-17(2)30(3)31(27(23)33)20-11-6-5-7-12-20/h5-7,11-12,14-16H,4,8-10,13H2,1-3H3,(H,28,32). The van der Waals surface area contributed by atoms with E-state index in [-0.39, 0.29) is 16.9 Å². The molecule has 4 aromatic rings. The summed E-state index contributed by atoms with van der Waals surface area (Å²) >= 11 is 0. The van der Waals surface area contributed by atoms with Crippen LogP contribution in [0.25, 0.3) is 17.0 Å². The summed E-state index contributed by atoms with van der Waals surface area (Å²) in [6.07, 6.45) is 4.67. The van der Waals surface area contributed by atoms with Gasteiger partial charge in [0, 0.05) is 18.2 Å². The normalized spacial score (nSPS) is 12.7. The van der Waals surface area contributed by atoms with Crippen LogP contribution in [-0.4, -0.2) is 20.4 Å². The minimum absolute atomic E-state index is 0.242. The van der Waals surface area contributed by atoms with Crippen molar-refractivity contribution in [1.29, 1.82) is 0 Å². The Bertz CT molecular complexity index is 1430. The van der Waals surface area contributed by atoms with E-state index in [1.807, 2.05) is 37.3 Å². The quantitative estimate of drug-likeness (QED) is 0.466. The molecule has 7 nitrogen and oxygen atoms in total. The first-order chi connectivity index (χ1) is 16.5. The zero-order valence-electron chi connectivity index (χ0n) is 19.7. The molecule has 0 radical (unpaired) electrons. The summed E-state index contributed by atoms with van der Waals surface area (Å²) < 4.78 is 8.99. The lowest BCUT2D eigenvalue weighted by Crippen LogP contribution is -2.23. The van der Waals surface area contributed by atoms with Gasteiger partial charge in [-0.15, -0.1) is 0 Å². The summed E-state index contributed by atoms with van der Waals surface area (Å²) in [5.74, 6) is 0.231. The molecule has 0 atom stereocenters. The van der Waals surface area contributed by atoms with Crippen LogP contribution >= 0.6 is 0 Å². The molecule has 2 heterocycles. The molecule has 0 saturated carbocycles. The monoisotopic (exact) mass is 456 g/mol. The Morgan fingerprint density at radius 3 is 2.71 bits per heavy atom. The summed E-state index contributed by atoms with van der Waals surface area (Å²) in [5, 5.41) is 6.95. The maximum atomic E-state index is 13.3. The van der Waals surface area contributed by atoms with Crippen LogP contribution in [0.15, 0.2) is 57.8 Å². The Morgan fingerprint density at radius 2 is 1.94 bits per heavy atom. The van der Waals surface area contributed by atoms with E-state index in [0.717, 1.165) is 42.5 Å². The lowest BCUT2D eigenvalue weighted by atomic mass is 9.98. The third-order valence-electron chi connectivity index (χ3n) is 6.62. The number of hydrogen-bond acceptors (Lipinski definition) is 4. The molecule has 2 aromatic carbocycles. The second-order valence-corrected chi connectivity index (χ2v) is 8.82. The molecular weight excluding hydrogens is 428 g/mol. The smallest absolute Gasteiger partial charge is 0.295 e. The molecule has 0 fully saturated rings. The number of aromatic nitrogens is 3. The first kappa shape index (κ1) is 21.9. The van der Waals surface area contributed by atoms with Crippen molar-refractivity contribution in [3.8, 4) is 17.0 Å². The Kier molecular flexibility index (Phi) is 5.69. The number of para-hydroxylation sites is 1. The van der Waals surface area contributed by atoms with E-state index in [9.17, 15) is 9.59 Å². The number of amides is 1. The average Bonchev–Trinajstić information content (AvgIpc) is 3.28. The van der Waals surface area contributed by atoms with Crippen molar-refractivity contribution in [2.24, 2.45) is 7.05 Å². The third-order valence-corrected chi connectivity index (χ3v) is 6.62. The number of benzene rings is 2. The summed E-state index contributed by atoms with van der Waals surface area (Å²) in [7, 11) is 1.80. The number of rotatable bonds is 5. The second-order valence-electron chi connectivity index (χ2n) is 8.82. The lowest BCUT2D eigenvalue weighted by Gasteiger charge is -2.07. The molecule has 1 amide bonds. The van der Waals surface area contributed by atoms with E-state index >= 15 is 0 Å². The van der Waals surface area contributed by atoms with Gasteiger partial charge >= 0.3 is 0 Å².